The molecule has 0 bridgehead atoms. The van der Waals surface area contributed by atoms with Crippen LogP contribution in [0.2, 0.25) is 0 Å². The fourth-order valence-corrected chi connectivity index (χ4v) is 4.42. The Morgan fingerprint density at radius 2 is 1.56 bits per heavy atom. The Morgan fingerprint density at radius 1 is 0.969 bits per heavy atom. The van der Waals surface area contributed by atoms with Crippen LogP contribution in [0, 0.1) is 13.8 Å². The molecule has 2 N–H and O–H groups in total. The SMILES string of the molecule is COc1ncc(NC(=O)c2ccc(C(C)=O)cc2)cc1S(=O)(=O)Nc1c(C)cccc1C. The van der Waals surface area contributed by atoms with Crippen LogP contribution < -0.4 is 14.8 Å². The van der Waals surface area contributed by atoms with Gasteiger partial charge in [-0.2, -0.15) is 0 Å². The fourth-order valence-electron chi connectivity index (χ4n) is 3.07. The Kier molecular flexibility index (Phi) is 6.59. The minimum Gasteiger partial charge on any atom is -0.480 e. The highest BCUT2D eigenvalue weighted by molar-refractivity contribution is 7.92. The molecule has 3 rings (SSSR count). The van der Waals surface area contributed by atoms with Gasteiger partial charge in [-0.15, -0.1) is 0 Å². The van der Waals surface area contributed by atoms with E-state index in [0.717, 1.165) is 11.1 Å². The smallest absolute Gasteiger partial charge is 0.267 e. The van der Waals surface area contributed by atoms with Gasteiger partial charge in [0.05, 0.1) is 24.7 Å². The third kappa shape index (κ3) is 4.94. The number of carbonyl (C=O) groups excluding carboxylic acids is 2. The number of carbonyl (C=O) groups is 2. The van der Waals surface area contributed by atoms with Gasteiger partial charge in [0, 0.05) is 11.1 Å². The average molecular weight is 454 g/mol. The van der Waals surface area contributed by atoms with Gasteiger partial charge in [-0.05, 0) is 50.1 Å². The second kappa shape index (κ2) is 9.19. The summed E-state index contributed by atoms with van der Waals surface area (Å²) < 4.78 is 34.0. The predicted octanol–water partition coefficient (Wildman–Crippen LogP) is 3.96. The van der Waals surface area contributed by atoms with Crippen molar-refractivity contribution in [2.24, 2.45) is 0 Å². The summed E-state index contributed by atoms with van der Waals surface area (Å²) in [5.74, 6) is -0.687. The number of aromatic nitrogens is 1. The predicted molar refractivity (Wildman–Crippen MR) is 122 cm³/mol. The van der Waals surface area contributed by atoms with Gasteiger partial charge in [0.15, 0.2) is 10.7 Å². The molecule has 0 saturated carbocycles. The van der Waals surface area contributed by atoms with Crippen LogP contribution in [0.5, 0.6) is 5.88 Å². The van der Waals surface area contributed by atoms with Crippen molar-refractivity contribution in [3.8, 4) is 5.88 Å². The molecule has 166 valence electrons. The van der Waals surface area contributed by atoms with Crippen molar-refractivity contribution in [2.75, 3.05) is 17.1 Å². The number of anilines is 2. The first-order valence-electron chi connectivity index (χ1n) is 9.68. The van der Waals surface area contributed by atoms with Crippen molar-refractivity contribution in [3.63, 3.8) is 0 Å². The zero-order valence-corrected chi connectivity index (χ0v) is 18.9. The van der Waals surface area contributed by atoms with Crippen molar-refractivity contribution in [1.29, 1.82) is 0 Å². The number of amides is 1. The van der Waals surface area contributed by atoms with Crippen LogP contribution in [-0.4, -0.2) is 32.2 Å². The molecule has 0 spiro atoms. The van der Waals surface area contributed by atoms with Gasteiger partial charge in [0.1, 0.15) is 0 Å². The maximum atomic E-state index is 13.1. The van der Waals surface area contributed by atoms with E-state index < -0.39 is 15.9 Å². The quantitative estimate of drug-likeness (QED) is 0.523. The number of hydrogen-bond donors (Lipinski definition) is 2. The number of benzene rings is 2. The summed E-state index contributed by atoms with van der Waals surface area (Å²) >= 11 is 0. The lowest BCUT2D eigenvalue weighted by atomic mass is 10.1. The number of rotatable bonds is 7. The fraction of sp³-hybridized carbons (Fsp3) is 0.174. The van der Waals surface area contributed by atoms with Crippen molar-refractivity contribution in [1.82, 2.24) is 4.98 Å². The highest BCUT2D eigenvalue weighted by Crippen LogP contribution is 2.29. The van der Waals surface area contributed by atoms with E-state index >= 15 is 0 Å². The lowest BCUT2D eigenvalue weighted by molar-refractivity contribution is 0.100. The molecule has 0 aliphatic carbocycles. The van der Waals surface area contributed by atoms with E-state index in [1.165, 1.54) is 38.4 Å². The lowest BCUT2D eigenvalue weighted by Gasteiger charge is -2.15. The van der Waals surface area contributed by atoms with Crippen LogP contribution in [-0.2, 0) is 10.0 Å². The Labute approximate surface area is 186 Å². The second-order valence-electron chi connectivity index (χ2n) is 7.19. The monoisotopic (exact) mass is 453 g/mol. The number of aryl methyl sites for hydroxylation is 2. The standard InChI is InChI=1S/C23H23N3O5S/c1-14-6-5-7-15(2)21(14)26-32(29,30)20-12-19(13-24-23(20)31-4)25-22(28)18-10-8-17(9-11-18)16(3)27/h5-13,26H,1-4H3,(H,25,28). The Morgan fingerprint density at radius 3 is 2.12 bits per heavy atom. The molecule has 32 heavy (non-hydrogen) atoms. The van der Waals surface area contributed by atoms with E-state index in [2.05, 4.69) is 15.0 Å². The van der Waals surface area contributed by atoms with E-state index in [1.807, 2.05) is 6.07 Å². The Hall–Kier alpha value is -3.72. The Balaban J connectivity index is 1.91. The van der Waals surface area contributed by atoms with Gasteiger partial charge in [-0.3, -0.25) is 14.3 Å². The first-order valence-corrected chi connectivity index (χ1v) is 11.2. The van der Waals surface area contributed by atoms with Crippen LogP contribution in [0.4, 0.5) is 11.4 Å². The minimum atomic E-state index is -4.07. The third-order valence-corrected chi connectivity index (χ3v) is 6.17. The van der Waals surface area contributed by atoms with Crippen molar-refractivity contribution < 1.29 is 22.7 Å². The number of ketones is 1. The highest BCUT2D eigenvalue weighted by atomic mass is 32.2. The number of ether oxygens (including phenoxy) is 1. The molecule has 9 heteroatoms. The second-order valence-corrected chi connectivity index (χ2v) is 8.84. The van der Waals surface area contributed by atoms with Crippen molar-refractivity contribution >= 4 is 33.1 Å². The summed E-state index contributed by atoms with van der Waals surface area (Å²) in [4.78, 5) is 27.8. The summed E-state index contributed by atoms with van der Waals surface area (Å²) in [6, 6.07) is 12.9. The molecule has 1 amide bonds. The van der Waals surface area contributed by atoms with Gasteiger partial charge in [0.25, 0.3) is 15.9 Å². The van der Waals surface area contributed by atoms with Gasteiger partial charge in [-0.1, -0.05) is 30.3 Å². The van der Waals surface area contributed by atoms with E-state index in [-0.39, 0.29) is 22.2 Å². The van der Waals surface area contributed by atoms with Crippen LogP contribution in [0.15, 0.2) is 59.6 Å². The van der Waals surface area contributed by atoms with Crippen LogP contribution in [0.1, 0.15) is 38.8 Å². The van der Waals surface area contributed by atoms with Gasteiger partial charge in [0.2, 0.25) is 5.88 Å². The Bertz CT molecular complexity index is 1270. The molecule has 8 nitrogen and oxygen atoms in total. The number of nitrogens with one attached hydrogen (secondary N) is 2. The number of hydrogen-bond acceptors (Lipinski definition) is 6. The number of pyridine rings is 1. The molecule has 0 atom stereocenters. The number of nitrogens with zero attached hydrogens (tertiary/aromatic N) is 1. The molecule has 0 saturated heterocycles. The molecule has 0 fully saturated rings. The first kappa shape index (κ1) is 23.0. The summed E-state index contributed by atoms with van der Waals surface area (Å²) in [5.41, 5.74) is 2.96. The molecular weight excluding hydrogens is 430 g/mol. The zero-order chi connectivity index (χ0) is 23.5. The van der Waals surface area contributed by atoms with Gasteiger partial charge < -0.3 is 10.1 Å². The van der Waals surface area contributed by atoms with E-state index in [4.69, 9.17) is 4.74 Å². The molecule has 0 unspecified atom stereocenters. The average Bonchev–Trinajstić information content (AvgIpc) is 2.76. The number of methoxy groups -OCH3 is 1. The van der Waals surface area contributed by atoms with Crippen LogP contribution in [0.25, 0.3) is 0 Å². The maximum Gasteiger partial charge on any atom is 0.267 e. The normalized spacial score (nSPS) is 11.0. The summed E-state index contributed by atoms with van der Waals surface area (Å²) in [6.45, 7) is 5.04. The third-order valence-electron chi connectivity index (χ3n) is 4.83. The number of Topliss-reactive ketones (excluding diaryl/α,β-unsaturated/α-hetero) is 1. The molecule has 0 radical (unpaired) electrons. The topological polar surface area (TPSA) is 114 Å². The number of sulfonamides is 1. The summed E-state index contributed by atoms with van der Waals surface area (Å²) in [6.07, 6.45) is 1.30. The van der Waals surface area contributed by atoms with Crippen molar-refractivity contribution in [2.45, 2.75) is 25.7 Å². The van der Waals surface area contributed by atoms with Gasteiger partial charge in [-0.25, -0.2) is 13.4 Å². The van der Waals surface area contributed by atoms with E-state index in [9.17, 15) is 18.0 Å². The lowest BCUT2D eigenvalue weighted by Crippen LogP contribution is -2.18. The van der Waals surface area contributed by atoms with Crippen LogP contribution >= 0.6 is 0 Å². The molecule has 1 aromatic heterocycles. The summed E-state index contributed by atoms with van der Waals surface area (Å²) in [5, 5.41) is 2.62. The minimum absolute atomic E-state index is 0.104. The number of para-hydroxylation sites is 1. The van der Waals surface area contributed by atoms with E-state index in [0.29, 0.717) is 16.8 Å². The van der Waals surface area contributed by atoms with E-state index in [1.54, 1.807) is 38.1 Å². The molecule has 2 aromatic carbocycles. The maximum absolute atomic E-state index is 13.1. The largest absolute Gasteiger partial charge is 0.480 e. The zero-order valence-electron chi connectivity index (χ0n) is 18.1. The summed E-state index contributed by atoms with van der Waals surface area (Å²) in [7, 11) is -2.75. The first-order chi connectivity index (χ1) is 15.1. The molecule has 0 aliphatic rings. The molecule has 1 heterocycles. The molecular formula is C23H23N3O5S. The van der Waals surface area contributed by atoms with Gasteiger partial charge >= 0.3 is 0 Å². The van der Waals surface area contributed by atoms with Crippen LogP contribution in [0.3, 0.4) is 0 Å². The molecule has 0 aliphatic heterocycles. The molecule has 3 aromatic rings. The highest BCUT2D eigenvalue weighted by Gasteiger charge is 2.23. The van der Waals surface area contributed by atoms with Crippen molar-refractivity contribution in [3.05, 3.63) is 77.0 Å².